The summed E-state index contributed by atoms with van der Waals surface area (Å²) in [6.07, 6.45) is 7.69. The highest BCUT2D eigenvalue weighted by Gasteiger charge is 2.31. The lowest BCUT2D eigenvalue weighted by Crippen LogP contribution is -2.39. The van der Waals surface area contributed by atoms with Crippen molar-refractivity contribution in [3.05, 3.63) is 62.1 Å². The lowest BCUT2D eigenvalue weighted by molar-refractivity contribution is 0.0217. The molecule has 0 radical (unpaired) electrons. The fourth-order valence-corrected chi connectivity index (χ4v) is 8.77. The van der Waals surface area contributed by atoms with E-state index in [2.05, 4.69) is 35.2 Å². The molecule has 0 saturated heterocycles. The molecule has 3 aliphatic rings. The Morgan fingerprint density at radius 1 is 0.804 bits per heavy atom. The molecule has 5 aromatic heterocycles. The third-order valence-electron chi connectivity index (χ3n) is 8.29. The zero-order valence-electron chi connectivity index (χ0n) is 29.2. The summed E-state index contributed by atoms with van der Waals surface area (Å²) in [7, 11) is 0. The number of halogens is 1. The van der Waals surface area contributed by atoms with Gasteiger partial charge in [0.05, 0.1) is 30.4 Å². The van der Waals surface area contributed by atoms with E-state index in [1.807, 2.05) is 60.0 Å². The molecule has 0 fully saturated rings. The highest BCUT2D eigenvalue weighted by atomic mass is 35.5. The Bertz CT molecular complexity index is 2190. The van der Waals surface area contributed by atoms with E-state index in [4.69, 9.17) is 21.1 Å². The molecule has 3 aliphatic heterocycles. The maximum Gasteiger partial charge on any atom is 0.410 e. The number of hydrogen-bond donors (Lipinski definition) is 1. The molecule has 0 atom stereocenters. The van der Waals surface area contributed by atoms with Crippen molar-refractivity contribution in [3.8, 4) is 0 Å². The van der Waals surface area contributed by atoms with Gasteiger partial charge in [-0.3, -0.25) is 4.99 Å². The number of fused-ring (bicyclic) bond motifs is 7. The summed E-state index contributed by atoms with van der Waals surface area (Å²) < 4.78 is 11.0. The van der Waals surface area contributed by atoms with Crippen molar-refractivity contribution in [2.45, 2.75) is 85.2 Å². The minimum atomic E-state index is -0.506. The number of carbonyl (C=O) groups excluding carboxylic acids is 2. The van der Waals surface area contributed by atoms with Crippen LogP contribution in [-0.2, 0) is 41.9 Å². The number of rotatable bonds is 2. The Balaban J connectivity index is 0.000000170. The molecule has 13 nitrogen and oxygen atoms in total. The van der Waals surface area contributed by atoms with Gasteiger partial charge < -0.3 is 24.6 Å². The van der Waals surface area contributed by atoms with Crippen LogP contribution in [0.15, 0.2) is 29.9 Å². The van der Waals surface area contributed by atoms with Crippen molar-refractivity contribution in [3.63, 3.8) is 0 Å². The zero-order chi connectivity index (χ0) is 36.1. The predicted molar refractivity (Wildman–Crippen MR) is 199 cm³/mol. The molecule has 8 rings (SSSR count). The first-order chi connectivity index (χ1) is 24.2. The Labute approximate surface area is 308 Å². The van der Waals surface area contributed by atoms with Crippen LogP contribution in [0.4, 0.5) is 21.2 Å². The van der Waals surface area contributed by atoms with Gasteiger partial charge in [0, 0.05) is 46.4 Å². The summed E-state index contributed by atoms with van der Waals surface area (Å²) in [6.45, 7) is 14.2. The number of anilines is 2. The number of thiophene rings is 2. The van der Waals surface area contributed by atoms with Crippen LogP contribution < -0.4 is 5.32 Å². The summed E-state index contributed by atoms with van der Waals surface area (Å²) in [4.78, 5) is 58.2. The molecule has 8 heterocycles. The Morgan fingerprint density at radius 2 is 1.37 bits per heavy atom. The number of nitrogens with one attached hydrogen (secondary N) is 1. The van der Waals surface area contributed by atoms with Gasteiger partial charge in [0.1, 0.15) is 50.3 Å². The number of ether oxygens (including phenoxy) is 2. The second-order valence-electron chi connectivity index (χ2n) is 14.4. The van der Waals surface area contributed by atoms with Crippen LogP contribution in [0.3, 0.4) is 0 Å². The SMILES string of the molecule is CC(C)(C)OC(=O)N1CCc2c(sc3ncnc(Cl)c23)C1.CC(C)(C)OC(=O)N1CCc2c(sc3ncnc(Nc4cc5c(cn4)CN=C5)c23)C1. The maximum absolute atomic E-state index is 12.5. The van der Waals surface area contributed by atoms with E-state index in [9.17, 15) is 9.59 Å². The average Bonchev–Trinajstić information content (AvgIpc) is 3.78. The van der Waals surface area contributed by atoms with Crippen LogP contribution in [-0.4, -0.2) is 77.4 Å². The fourth-order valence-electron chi connectivity index (χ4n) is 6.06. The third kappa shape index (κ3) is 7.60. The number of aromatic nitrogens is 5. The standard InChI is InChI=1S/C21H22N6O2S.C14H16ClN3O2S/c1-21(2,3)29-20(28)27-5-4-14-15(10-27)30-19-17(14)18(24-11-25-19)26-16-6-12-7-22-8-13(12)9-23-16;1-14(2,3)20-13(19)18-5-4-8-9(6-18)21-12-10(8)11(15)16-7-17-12/h6-7,9,11H,4-5,8,10H2,1-3H3,(H,23,24,25,26);7H,4-6H2,1-3H3. The molecular formula is C35H38ClN9O4S2. The van der Waals surface area contributed by atoms with Gasteiger partial charge in [-0.05, 0) is 71.6 Å². The largest absolute Gasteiger partial charge is 0.444 e. The number of carbonyl (C=O) groups is 2. The molecule has 0 spiro atoms. The van der Waals surface area contributed by atoms with Crippen molar-refractivity contribution in [2.24, 2.45) is 4.99 Å². The lowest BCUT2D eigenvalue weighted by atomic mass is 10.1. The first-order valence-corrected chi connectivity index (χ1v) is 18.6. The molecule has 0 aromatic carbocycles. The summed E-state index contributed by atoms with van der Waals surface area (Å²) in [5.74, 6) is 1.47. The van der Waals surface area contributed by atoms with Gasteiger partial charge >= 0.3 is 12.2 Å². The van der Waals surface area contributed by atoms with Gasteiger partial charge in [-0.1, -0.05) is 11.6 Å². The van der Waals surface area contributed by atoms with Crippen molar-refractivity contribution in [1.29, 1.82) is 0 Å². The van der Waals surface area contributed by atoms with Gasteiger partial charge in [0.15, 0.2) is 0 Å². The molecule has 0 bridgehead atoms. The summed E-state index contributed by atoms with van der Waals surface area (Å²) in [5, 5.41) is 5.79. The molecule has 0 unspecified atom stereocenters. The summed E-state index contributed by atoms with van der Waals surface area (Å²) in [5.41, 5.74) is 3.59. The molecule has 5 aromatic rings. The van der Waals surface area contributed by atoms with Crippen LogP contribution in [0.2, 0.25) is 5.15 Å². The molecule has 0 saturated carbocycles. The highest BCUT2D eigenvalue weighted by Crippen LogP contribution is 2.39. The van der Waals surface area contributed by atoms with E-state index in [0.29, 0.717) is 37.9 Å². The molecule has 51 heavy (non-hydrogen) atoms. The van der Waals surface area contributed by atoms with Gasteiger partial charge in [0.25, 0.3) is 0 Å². The minimum absolute atomic E-state index is 0.275. The first-order valence-electron chi connectivity index (χ1n) is 16.6. The predicted octanol–water partition coefficient (Wildman–Crippen LogP) is 7.69. The second kappa shape index (κ2) is 13.6. The monoisotopic (exact) mass is 747 g/mol. The van der Waals surface area contributed by atoms with E-state index in [1.54, 1.807) is 38.8 Å². The maximum atomic E-state index is 12.5. The number of nitrogens with zero attached hydrogens (tertiary/aromatic N) is 8. The molecule has 266 valence electrons. The van der Waals surface area contributed by atoms with Gasteiger partial charge in [-0.25, -0.2) is 34.5 Å². The van der Waals surface area contributed by atoms with Gasteiger partial charge in [-0.2, -0.15) is 0 Å². The lowest BCUT2D eigenvalue weighted by Gasteiger charge is -2.30. The summed E-state index contributed by atoms with van der Waals surface area (Å²) >= 11 is 9.34. The number of amides is 2. The Kier molecular flexibility index (Phi) is 9.31. The smallest absolute Gasteiger partial charge is 0.410 e. The van der Waals surface area contributed by atoms with Crippen LogP contribution in [0.5, 0.6) is 0 Å². The van der Waals surface area contributed by atoms with E-state index in [-0.39, 0.29) is 12.2 Å². The molecule has 1 N–H and O–H groups in total. The van der Waals surface area contributed by atoms with Gasteiger partial charge in [0.2, 0.25) is 0 Å². The van der Waals surface area contributed by atoms with Crippen molar-refractivity contribution in [1.82, 2.24) is 34.7 Å². The Hall–Kier alpha value is -4.47. The molecule has 16 heteroatoms. The minimum Gasteiger partial charge on any atom is -0.444 e. The molecular weight excluding hydrogens is 710 g/mol. The van der Waals surface area contributed by atoms with Crippen molar-refractivity contribution >= 4 is 84.7 Å². The van der Waals surface area contributed by atoms with E-state index in [1.165, 1.54) is 17.5 Å². The summed E-state index contributed by atoms with van der Waals surface area (Å²) in [6, 6.07) is 1.99. The van der Waals surface area contributed by atoms with Crippen molar-refractivity contribution in [2.75, 3.05) is 18.4 Å². The van der Waals surface area contributed by atoms with E-state index < -0.39 is 11.2 Å². The highest BCUT2D eigenvalue weighted by molar-refractivity contribution is 7.19. The first kappa shape index (κ1) is 35.0. The fraction of sp³-hybridized carbons (Fsp3) is 0.429. The second-order valence-corrected chi connectivity index (χ2v) is 16.9. The average molecular weight is 748 g/mol. The van der Waals surface area contributed by atoms with Crippen LogP contribution >= 0.6 is 34.3 Å². The number of hydrogen-bond acceptors (Lipinski definition) is 13. The number of aliphatic imine (C=N–C) groups is 1. The van der Waals surface area contributed by atoms with Crippen LogP contribution in [0, 0.1) is 0 Å². The third-order valence-corrected chi connectivity index (χ3v) is 10.8. The topological polar surface area (TPSA) is 148 Å². The van der Waals surface area contributed by atoms with Crippen LogP contribution in [0.1, 0.15) is 73.6 Å². The van der Waals surface area contributed by atoms with Crippen LogP contribution in [0.25, 0.3) is 20.4 Å². The van der Waals surface area contributed by atoms with E-state index >= 15 is 0 Å². The zero-order valence-corrected chi connectivity index (χ0v) is 31.6. The Morgan fingerprint density at radius 3 is 1.98 bits per heavy atom. The quantitative estimate of drug-likeness (QED) is 0.178. The molecule has 0 aliphatic carbocycles. The van der Waals surface area contributed by atoms with E-state index in [0.717, 1.165) is 65.8 Å². The van der Waals surface area contributed by atoms with Crippen molar-refractivity contribution < 1.29 is 19.1 Å². The normalized spacial score (nSPS) is 15.2. The molecule has 2 amide bonds. The van der Waals surface area contributed by atoms with Gasteiger partial charge in [-0.15, -0.1) is 22.7 Å². The number of pyridine rings is 1.